The molecule has 0 saturated heterocycles. The van der Waals surface area contributed by atoms with Gasteiger partial charge in [0.1, 0.15) is 17.3 Å². The lowest BCUT2D eigenvalue weighted by atomic mass is 10.2. The van der Waals surface area contributed by atoms with E-state index >= 15 is 0 Å². The number of aliphatic hydroxyl groups excluding tert-OH is 1. The highest BCUT2D eigenvalue weighted by Gasteiger charge is 2.12. The van der Waals surface area contributed by atoms with E-state index in [1.165, 1.54) is 0 Å². The first kappa shape index (κ1) is 14.9. The van der Waals surface area contributed by atoms with Crippen molar-refractivity contribution < 1.29 is 9.84 Å². The van der Waals surface area contributed by atoms with Gasteiger partial charge in [0.05, 0.1) is 12.8 Å². The van der Waals surface area contributed by atoms with Gasteiger partial charge in [0.25, 0.3) is 0 Å². The molecule has 0 unspecified atom stereocenters. The van der Waals surface area contributed by atoms with Crippen LogP contribution in [-0.4, -0.2) is 15.1 Å². The van der Waals surface area contributed by atoms with Gasteiger partial charge >= 0.3 is 0 Å². The van der Waals surface area contributed by atoms with Crippen LogP contribution in [0.25, 0.3) is 0 Å². The Bertz CT molecular complexity index is 615. The third-order valence-corrected chi connectivity index (χ3v) is 3.38. The summed E-state index contributed by atoms with van der Waals surface area (Å²) in [6.07, 6.45) is 1.62. The number of rotatable bonds is 4. The molecule has 1 aromatic carbocycles. The van der Waals surface area contributed by atoms with Crippen LogP contribution in [-0.2, 0) is 6.61 Å². The number of hydrogen-bond acceptors (Lipinski definition) is 4. The number of aromatic nitrogens is 2. The molecule has 1 heterocycles. The summed E-state index contributed by atoms with van der Waals surface area (Å²) in [4.78, 5) is 8.62. The van der Waals surface area contributed by atoms with Crippen LogP contribution in [0.15, 0.2) is 28.9 Å². The average Bonchev–Trinajstić information content (AvgIpc) is 2.43. The zero-order chi connectivity index (χ0) is 14.7. The molecular formula is C15H17BrN2O2. The highest BCUT2D eigenvalue weighted by Crippen LogP contribution is 2.29. The molecule has 2 aromatic rings. The molecule has 0 bridgehead atoms. The van der Waals surface area contributed by atoms with Gasteiger partial charge in [-0.25, -0.2) is 9.97 Å². The second-order valence-corrected chi connectivity index (χ2v) is 5.78. The molecule has 0 spiro atoms. The lowest BCUT2D eigenvalue weighted by Crippen LogP contribution is -2.04. The van der Waals surface area contributed by atoms with Crippen LogP contribution in [0.4, 0.5) is 0 Å². The molecule has 0 aliphatic heterocycles. The van der Waals surface area contributed by atoms with Crippen LogP contribution in [0.2, 0.25) is 0 Å². The average molecular weight is 337 g/mol. The van der Waals surface area contributed by atoms with Gasteiger partial charge in [-0.05, 0) is 24.6 Å². The minimum Gasteiger partial charge on any atom is -0.453 e. The molecule has 1 N–H and O–H groups in total. The Morgan fingerprint density at radius 1 is 1.30 bits per heavy atom. The SMILES string of the molecule is Cc1ccc(Br)cc1Oc1cnc(C(C)C)nc1CO. The lowest BCUT2D eigenvalue weighted by molar-refractivity contribution is 0.269. The maximum atomic E-state index is 9.45. The van der Waals surface area contributed by atoms with Gasteiger partial charge < -0.3 is 9.84 Å². The molecule has 4 nitrogen and oxygen atoms in total. The summed E-state index contributed by atoms with van der Waals surface area (Å²) in [5.74, 6) is 2.11. The Hall–Kier alpha value is -1.46. The normalized spacial score (nSPS) is 10.9. The molecule has 1 aromatic heterocycles. The Morgan fingerprint density at radius 2 is 2.05 bits per heavy atom. The number of nitrogens with zero attached hydrogens (tertiary/aromatic N) is 2. The summed E-state index contributed by atoms with van der Waals surface area (Å²) >= 11 is 3.42. The molecule has 0 fully saturated rings. The standard InChI is InChI=1S/C15H17BrN2O2/c1-9(2)15-17-7-14(12(8-19)18-15)20-13-6-11(16)5-4-10(13)3/h4-7,9,19H,8H2,1-3H3. The van der Waals surface area contributed by atoms with Crippen LogP contribution in [0.1, 0.15) is 36.8 Å². The van der Waals surface area contributed by atoms with Crippen molar-refractivity contribution in [1.29, 1.82) is 0 Å². The predicted octanol–water partition coefficient (Wildman–Crippen LogP) is 3.96. The molecular weight excluding hydrogens is 320 g/mol. The summed E-state index contributed by atoms with van der Waals surface area (Å²) in [6.45, 7) is 5.80. The van der Waals surface area contributed by atoms with Gasteiger partial charge in [0.2, 0.25) is 0 Å². The van der Waals surface area contributed by atoms with E-state index in [0.29, 0.717) is 17.3 Å². The van der Waals surface area contributed by atoms with E-state index < -0.39 is 0 Å². The fourth-order valence-corrected chi connectivity index (χ4v) is 2.04. The van der Waals surface area contributed by atoms with Crippen molar-refractivity contribution in [2.24, 2.45) is 0 Å². The molecule has 0 saturated carbocycles. The number of aryl methyl sites for hydroxylation is 1. The van der Waals surface area contributed by atoms with Gasteiger partial charge in [0, 0.05) is 10.4 Å². The smallest absolute Gasteiger partial charge is 0.169 e. The summed E-state index contributed by atoms with van der Waals surface area (Å²) in [7, 11) is 0. The van der Waals surface area contributed by atoms with Gasteiger partial charge in [-0.15, -0.1) is 0 Å². The van der Waals surface area contributed by atoms with E-state index in [1.807, 2.05) is 39.0 Å². The highest BCUT2D eigenvalue weighted by atomic mass is 79.9. The van der Waals surface area contributed by atoms with Gasteiger partial charge in [0.15, 0.2) is 5.75 Å². The number of aliphatic hydroxyl groups is 1. The Kier molecular flexibility index (Phi) is 4.73. The van der Waals surface area contributed by atoms with E-state index in [4.69, 9.17) is 4.74 Å². The van der Waals surface area contributed by atoms with Crippen LogP contribution in [0, 0.1) is 6.92 Å². The largest absolute Gasteiger partial charge is 0.453 e. The van der Waals surface area contributed by atoms with Crippen molar-refractivity contribution in [3.05, 3.63) is 46.0 Å². The van der Waals surface area contributed by atoms with E-state index in [9.17, 15) is 5.11 Å². The fraction of sp³-hybridized carbons (Fsp3) is 0.333. The van der Waals surface area contributed by atoms with Gasteiger partial charge in [-0.3, -0.25) is 0 Å². The van der Waals surface area contributed by atoms with Crippen LogP contribution >= 0.6 is 15.9 Å². The minimum absolute atomic E-state index is 0.176. The van der Waals surface area contributed by atoms with Crippen LogP contribution in [0.5, 0.6) is 11.5 Å². The minimum atomic E-state index is -0.176. The number of benzene rings is 1. The molecule has 0 atom stereocenters. The highest BCUT2D eigenvalue weighted by molar-refractivity contribution is 9.10. The maximum absolute atomic E-state index is 9.45. The number of ether oxygens (including phenoxy) is 1. The topological polar surface area (TPSA) is 55.2 Å². The van der Waals surface area contributed by atoms with E-state index in [-0.39, 0.29) is 12.5 Å². The monoisotopic (exact) mass is 336 g/mol. The summed E-state index contributed by atoms with van der Waals surface area (Å²) in [5.41, 5.74) is 1.51. The van der Waals surface area contributed by atoms with Crippen LogP contribution in [0.3, 0.4) is 0 Å². The number of halogens is 1. The third kappa shape index (κ3) is 3.35. The first-order valence-electron chi connectivity index (χ1n) is 6.42. The van der Waals surface area contributed by atoms with Gasteiger partial charge in [-0.1, -0.05) is 35.8 Å². The first-order valence-corrected chi connectivity index (χ1v) is 7.21. The Morgan fingerprint density at radius 3 is 2.70 bits per heavy atom. The zero-order valence-corrected chi connectivity index (χ0v) is 13.3. The quantitative estimate of drug-likeness (QED) is 0.918. The third-order valence-electron chi connectivity index (χ3n) is 2.88. The number of hydrogen-bond donors (Lipinski definition) is 1. The molecule has 2 rings (SSSR count). The van der Waals surface area contributed by atoms with E-state index in [2.05, 4.69) is 25.9 Å². The zero-order valence-electron chi connectivity index (χ0n) is 11.7. The molecule has 0 aliphatic carbocycles. The van der Waals surface area contributed by atoms with E-state index in [0.717, 1.165) is 15.8 Å². The second-order valence-electron chi connectivity index (χ2n) is 4.86. The predicted molar refractivity (Wildman–Crippen MR) is 81.0 cm³/mol. The van der Waals surface area contributed by atoms with Crippen LogP contribution < -0.4 is 4.74 Å². The summed E-state index contributed by atoms with van der Waals surface area (Å²) in [5, 5.41) is 9.45. The van der Waals surface area contributed by atoms with Crippen molar-refractivity contribution in [2.45, 2.75) is 33.3 Å². The second kappa shape index (κ2) is 6.33. The molecule has 5 heteroatoms. The molecule has 106 valence electrons. The Balaban J connectivity index is 2.35. The molecule has 20 heavy (non-hydrogen) atoms. The molecule has 0 radical (unpaired) electrons. The summed E-state index contributed by atoms with van der Waals surface area (Å²) < 4.78 is 6.77. The van der Waals surface area contributed by atoms with Crippen molar-refractivity contribution in [3.63, 3.8) is 0 Å². The molecule has 0 aliphatic rings. The van der Waals surface area contributed by atoms with Crippen molar-refractivity contribution in [3.8, 4) is 11.5 Å². The van der Waals surface area contributed by atoms with E-state index in [1.54, 1.807) is 6.20 Å². The molecule has 0 amide bonds. The lowest BCUT2D eigenvalue weighted by Gasteiger charge is -2.13. The van der Waals surface area contributed by atoms with Crippen molar-refractivity contribution in [2.75, 3.05) is 0 Å². The fourth-order valence-electron chi connectivity index (χ4n) is 1.70. The Labute approximate surface area is 127 Å². The first-order chi connectivity index (χ1) is 9.51. The maximum Gasteiger partial charge on any atom is 0.169 e. The van der Waals surface area contributed by atoms with Gasteiger partial charge in [-0.2, -0.15) is 0 Å². The van der Waals surface area contributed by atoms with Crippen molar-refractivity contribution in [1.82, 2.24) is 9.97 Å². The summed E-state index contributed by atoms with van der Waals surface area (Å²) in [6, 6.07) is 5.79. The van der Waals surface area contributed by atoms with Crippen molar-refractivity contribution >= 4 is 15.9 Å².